The largest absolute Gasteiger partial charge is 0.275 e. The highest BCUT2D eigenvalue weighted by molar-refractivity contribution is 9.10. The molecule has 0 radical (unpaired) electrons. The van der Waals surface area contributed by atoms with Crippen molar-refractivity contribution in [2.24, 2.45) is 0 Å². The Morgan fingerprint density at radius 1 is 0.935 bits per heavy atom. The summed E-state index contributed by atoms with van der Waals surface area (Å²) in [5.41, 5.74) is 1.88. The first kappa shape index (κ1) is 22.1. The molecule has 31 heavy (non-hydrogen) atoms. The molecule has 4 rings (SSSR count). The minimum absolute atomic E-state index is 0.0926. The van der Waals surface area contributed by atoms with Gasteiger partial charge in [0, 0.05) is 32.9 Å². The summed E-state index contributed by atoms with van der Waals surface area (Å²) in [5, 5.41) is 0. The Morgan fingerprint density at radius 2 is 1.48 bits per heavy atom. The zero-order valence-corrected chi connectivity index (χ0v) is 20.3. The molecule has 1 heterocycles. The van der Waals surface area contributed by atoms with Gasteiger partial charge in [0.25, 0.3) is 5.91 Å². The second kappa shape index (κ2) is 8.78. The Balaban J connectivity index is 1.84. The minimum Gasteiger partial charge on any atom is -0.275 e. The minimum atomic E-state index is -3.73. The maximum absolute atomic E-state index is 13.7. The predicted octanol–water partition coefficient (Wildman–Crippen LogP) is 5.92. The molecule has 0 aromatic heterocycles. The van der Waals surface area contributed by atoms with Crippen LogP contribution in [0.4, 0.5) is 11.4 Å². The molecule has 0 aliphatic carbocycles. The van der Waals surface area contributed by atoms with Gasteiger partial charge in [0.05, 0.1) is 16.3 Å². The summed E-state index contributed by atoms with van der Waals surface area (Å²) in [6.45, 7) is 4.30. The Bertz CT molecular complexity index is 1210. The van der Waals surface area contributed by atoms with Crippen LogP contribution < -0.4 is 4.90 Å². The van der Waals surface area contributed by atoms with Crippen LogP contribution in [0.2, 0.25) is 0 Å². The summed E-state index contributed by atoms with van der Waals surface area (Å²) in [6.07, 6.45) is 0. The van der Waals surface area contributed by atoms with Crippen LogP contribution >= 0.6 is 27.7 Å². The summed E-state index contributed by atoms with van der Waals surface area (Å²) < 4.78 is 28.1. The van der Waals surface area contributed by atoms with Crippen LogP contribution in [0.15, 0.2) is 85.9 Å². The predicted molar refractivity (Wildman–Crippen MR) is 128 cm³/mol. The lowest BCUT2D eigenvalue weighted by atomic mass is 10.1. The number of carbonyl (C=O) groups excluding carboxylic acids is 1. The van der Waals surface area contributed by atoms with Crippen molar-refractivity contribution < 1.29 is 13.2 Å². The number of hydrogen-bond donors (Lipinski definition) is 0. The second-order valence-corrected chi connectivity index (χ2v) is 10.8. The maximum atomic E-state index is 13.7. The van der Waals surface area contributed by atoms with Crippen LogP contribution in [0, 0.1) is 0 Å². The van der Waals surface area contributed by atoms with E-state index in [2.05, 4.69) is 15.9 Å². The van der Waals surface area contributed by atoms with Crippen molar-refractivity contribution in [2.45, 2.75) is 28.5 Å². The van der Waals surface area contributed by atoms with Gasteiger partial charge in [-0.2, -0.15) is 4.31 Å². The van der Waals surface area contributed by atoms with Gasteiger partial charge in [0.1, 0.15) is 0 Å². The van der Waals surface area contributed by atoms with E-state index in [0.717, 1.165) is 21.2 Å². The fourth-order valence-electron chi connectivity index (χ4n) is 3.59. The zero-order chi connectivity index (χ0) is 22.2. The third-order valence-electron chi connectivity index (χ3n) is 5.14. The molecule has 0 saturated heterocycles. The van der Waals surface area contributed by atoms with E-state index in [4.69, 9.17) is 0 Å². The number of hydrogen-bond acceptors (Lipinski definition) is 4. The standard InChI is InChI=1S/C23H21BrN2O3S2/c1-3-25(4-2)31(28,29)22-15-16(13-14-17(22)24)23(27)26-18-9-5-7-11-20(18)30-21-12-8-6-10-19(21)26/h5-15H,3-4H2,1-2H3. The molecule has 0 spiro atoms. The second-order valence-electron chi connectivity index (χ2n) is 6.91. The zero-order valence-electron chi connectivity index (χ0n) is 17.1. The summed E-state index contributed by atoms with van der Waals surface area (Å²) in [6, 6.07) is 20.2. The molecule has 0 N–H and O–H groups in total. The van der Waals surface area contributed by atoms with E-state index in [1.807, 2.05) is 48.5 Å². The number of fused-ring (bicyclic) bond motifs is 2. The molecule has 1 amide bonds. The Morgan fingerprint density at radius 3 is 2.03 bits per heavy atom. The number of carbonyl (C=O) groups is 1. The van der Waals surface area contributed by atoms with Gasteiger partial charge < -0.3 is 0 Å². The third kappa shape index (κ3) is 3.93. The van der Waals surface area contributed by atoms with Crippen LogP contribution in [0.3, 0.4) is 0 Å². The lowest BCUT2D eigenvalue weighted by Crippen LogP contribution is -2.32. The number of benzene rings is 3. The molecule has 3 aromatic rings. The van der Waals surface area contributed by atoms with Crippen molar-refractivity contribution >= 4 is 55.0 Å². The van der Waals surface area contributed by atoms with Gasteiger partial charge in [-0.1, -0.05) is 49.9 Å². The monoisotopic (exact) mass is 516 g/mol. The molecule has 0 atom stereocenters. The quantitative estimate of drug-likeness (QED) is 0.422. The molecule has 0 unspecified atom stereocenters. The highest BCUT2D eigenvalue weighted by atomic mass is 79.9. The lowest BCUT2D eigenvalue weighted by molar-refractivity contribution is 0.0998. The smallest absolute Gasteiger partial charge is 0.262 e. The average molecular weight is 517 g/mol. The molecule has 1 aliphatic heterocycles. The topological polar surface area (TPSA) is 57.7 Å². The van der Waals surface area contributed by atoms with Crippen molar-refractivity contribution in [3.8, 4) is 0 Å². The number of halogens is 1. The molecule has 0 fully saturated rings. The third-order valence-corrected chi connectivity index (χ3v) is 9.31. The molecule has 3 aromatic carbocycles. The first-order valence-corrected chi connectivity index (χ1v) is 12.9. The van der Waals surface area contributed by atoms with E-state index in [9.17, 15) is 13.2 Å². The first-order chi connectivity index (χ1) is 14.9. The molecular formula is C23H21BrN2O3S2. The van der Waals surface area contributed by atoms with E-state index in [1.54, 1.807) is 42.6 Å². The van der Waals surface area contributed by atoms with Crippen LogP contribution in [0.5, 0.6) is 0 Å². The molecule has 8 heteroatoms. The van der Waals surface area contributed by atoms with E-state index in [0.29, 0.717) is 23.1 Å². The van der Waals surface area contributed by atoms with E-state index in [1.165, 1.54) is 10.4 Å². The van der Waals surface area contributed by atoms with Crippen molar-refractivity contribution in [2.75, 3.05) is 18.0 Å². The number of sulfonamides is 1. The van der Waals surface area contributed by atoms with Crippen molar-refractivity contribution in [3.63, 3.8) is 0 Å². The van der Waals surface area contributed by atoms with Gasteiger partial charge in [0.15, 0.2) is 0 Å². The molecular weight excluding hydrogens is 496 g/mol. The Kier molecular flexibility index (Phi) is 6.25. The number of rotatable bonds is 5. The number of anilines is 2. The van der Waals surface area contributed by atoms with Gasteiger partial charge in [-0.15, -0.1) is 0 Å². The van der Waals surface area contributed by atoms with Gasteiger partial charge in [0.2, 0.25) is 10.0 Å². The molecule has 0 saturated carbocycles. The normalized spacial score (nSPS) is 13.1. The highest BCUT2D eigenvalue weighted by Gasteiger charge is 2.31. The van der Waals surface area contributed by atoms with Crippen LogP contribution in [-0.2, 0) is 10.0 Å². The summed E-state index contributed by atoms with van der Waals surface area (Å²) in [5.74, 6) is -0.274. The van der Waals surface area contributed by atoms with Crippen molar-refractivity contribution in [1.82, 2.24) is 4.31 Å². The Hall–Kier alpha value is -2.13. The van der Waals surface area contributed by atoms with Gasteiger partial charge in [-0.05, 0) is 58.4 Å². The van der Waals surface area contributed by atoms with Crippen molar-refractivity contribution in [3.05, 3.63) is 76.8 Å². The molecule has 160 valence electrons. The SMILES string of the molecule is CCN(CC)S(=O)(=O)c1cc(C(=O)N2c3ccccc3Sc3ccccc32)ccc1Br. The fourth-order valence-corrected chi connectivity index (χ4v) is 7.06. The van der Waals surface area contributed by atoms with Crippen LogP contribution in [0.25, 0.3) is 0 Å². The van der Waals surface area contributed by atoms with Crippen LogP contribution in [-0.4, -0.2) is 31.7 Å². The summed E-state index contributed by atoms with van der Waals surface area (Å²) >= 11 is 4.97. The molecule has 5 nitrogen and oxygen atoms in total. The lowest BCUT2D eigenvalue weighted by Gasteiger charge is -2.31. The number of amides is 1. The number of nitrogens with zero attached hydrogens (tertiary/aromatic N) is 2. The highest BCUT2D eigenvalue weighted by Crippen LogP contribution is 2.48. The first-order valence-electron chi connectivity index (χ1n) is 9.88. The van der Waals surface area contributed by atoms with E-state index >= 15 is 0 Å². The summed E-state index contributed by atoms with van der Waals surface area (Å²) in [4.78, 5) is 17.4. The van der Waals surface area contributed by atoms with Gasteiger partial charge in [-0.25, -0.2) is 8.42 Å². The average Bonchev–Trinajstić information content (AvgIpc) is 2.77. The molecule has 1 aliphatic rings. The van der Waals surface area contributed by atoms with Gasteiger partial charge in [-0.3, -0.25) is 9.69 Å². The fraction of sp³-hybridized carbons (Fsp3) is 0.174. The molecule has 0 bridgehead atoms. The maximum Gasteiger partial charge on any atom is 0.262 e. The summed E-state index contributed by atoms with van der Waals surface area (Å²) in [7, 11) is -3.73. The Labute approximate surface area is 195 Å². The van der Waals surface area contributed by atoms with Crippen LogP contribution in [0.1, 0.15) is 24.2 Å². The van der Waals surface area contributed by atoms with E-state index < -0.39 is 10.0 Å². The van der Waals surface area contributed by atoms with Crippen molar-refractivity contribution in [1.29, 1.82) is 0 Å². The van der Waals surface area contributed by atoms with E-state index in [-0.39, 0.29) is 10.8 Å². The number of para-hydroxylation sites is 2. The van der Waals surface area contributed by atoms with Gasteiger partial charge >= 0.3 is 0 Å².